The lowest BCUT2D eigenvalue weighted by atomic mass is 10.2. The van der Waals surface area contributed by atoms with E-state index in [4.69, 9.17) is 27.9 Å². The highest BCUT2D eigenvalue weighted by Crippen LogP contribution is 2.24. The molecule has 0 saturated carbocycles. The summed E-state index contributed by atoms with van der Waals surface area (Å²) in [4.78, 5) is 16.1. The van der Waals surface area contributed by atoms with Gasteiger partial charge in [0.1, 0.15) is 10.9 Å². The van der Waals surface area contributed by atoms with Gasteiger partial charge < -0.3 is 25.3 Å². The van der Waals surface area contributed by atoms with Gasteiger partial charge in [0.05, 0.1) is 25.2 Å². The summed E-state index contributed by atoms with van der Waals surface area (Å²) in [5, 5.41) is 9.91. The molecule has 0 spiro atoms. The summed E-state index contributed by atoms with van der Waals surface area (Å²) in [6.45, 7) is 1.01. The van der Waals surface area contributed by atoms with Crippen LogP contribution in [0.4, 0.5) is 0 Å². The van der Waals surface area contributed by atoms with Crippen LogP contribution in [0.5, 0.6) is 5.75 Å². The first kappa shape index (κ1) is 24.4. The van der Waals surface area contributed by atoms with Gasteiger partial charge >= 0.3 is 0 Å². The molecule has 2 rings (SSSR count). The SMILES string of the molecule is CN=C(NCC(=O)NCc1ccc(OC)cc1)NCc1cc(Cl)c(Cl)n1C.I. The van der Waals surface area contributed by atoms with Crippen molar-refractivity contribution in [2.75, 3.05) is 20.7 Å². The molecule has 0 radical (unpaired) electrons. The Morgan fingerprint density at radius 1 is 1.14 bits per heavy atom. The summed E-state index contributed by atoms with van der Waals surface area (Å²) in [5.41, 5.74) is 1.89. The van der Waals surface area contributed by atoms with E-state index >= 15 is 0 Å². The van der Waals surface area contributed by atoms with Crippen LogP contribution in [0.2, 0.25) is 10.2 Å². The second kappa shape index (κ2) is 12.0. The van der Waals surface area contributed by atoms with Gasteiger partial charge in [-0.05, 0) is 23.8 Å². The van der Waals surface area contributed by atoms with Crippen LogP contribution in [0.3, 0.4) is 0 Å². The van der Waals surface area contributed by atoms with E-state index in [9.17, 15) is 4.79 Å². The van der Waals surface area contributed by atoms with Crippen LogP contribution in [0.25, 0.3) is 0 Å². The van der Waals surface area contributed by atoms with Gasteiger partial charge in [-0.15, -0.1) is 24.0 Å². The molecule has 10 heteroatoms. The van der Waals surface area contributed by atoms with Crippen molar-refractivity contribution in [3.63, 3.8) is 0 Å². The van der Waals surface area contributed by atoms with Gasteiger partial charge in [0, 0.05) is 26.3 Å². The number of amides is 1. The number of hydrogen-bond donors (Lipinski definition) is 3. The van der Waals surface area contributed by atoms with Gasteiger partial charge in [0.15, 0.2) is 5.96 Å². The predicted octanol–water partition coefficient (Wildman–Crippen LogP) is 2.94. The molecule has 0 atom stereocenters. The Bertz CT molecular complexity index is 809. The van der Waals surface area contributed by atoms with Crippen molar-refractivity contribution in [1.29, 1.82) is 0 Å². The van der Waals surface area contributed by atoms with Crippen LogP contribution >= 0.6 is 47.2 Å². The number of ether oxygens (including phenoxy) is 1. The first-order valence-electron chi connectivity index (χ1n) is 8.28. The van der Waals surface area contributed by atoms with Gasteiger partial charge in [-0.1, -0.05) is 35.3 Å². The molecule has 7 nitrogen and oxygen atoms in total. The summed E-state index contributed by atoms with van der Waals surface area (Å²) in [7, 11) is 5.08. The van der Waals surface area contributed by atoms with E-state index in [1.165, 1.54) is 0 Å². The quantitative estimate of drug-likeness (QED) is 0.287. The van der Waals surface area contributed by atoms with E-state index in [1.54, 1.807) is 24.8 Å². The summed E-state index contributed by atoms with van der Waals surface area (Å²) in [6, 6.07) is 9.30. The third kappa shape index (κ3) is 7.06. The molecule has 0 aliphatic heterocycles. The van der Waals surface area contributed by atoms with Gasteiger partial charge in [0.2, 0.25) is 5.91 Å². The predicted molar refractivity (Wildman–Crippen MR) is 124 cm³/mol. The van der Waals surface area contributed by atoms with Crippen LogP contribution in [-0.2, 0) is 24.9 Å². The number of carbonyl (C=O) groups is 1. The van der Waals surface area contributed by atoms with Crippen molar-refractivity contribution < 1.29 is 9.53 Å². The number of aromatic nitrogens is 1. The van der Waals surface area contributed by atoms with E-state index in [0.717, 1.165) is 17.0 Å². The molecular formula is C18H24Cl2IN5O2. The number of carbonyl (C=O) groups excluding carboxylic acids is 1. The average molecular weight is 540 g/mol. The fourth-order valence-electron chi connectivity index (χ4n) is 2.32. The monoisotopic (exact) mass is 539 g/mol. The Kier molecular flexibility index (Phi) is 10.5. The minimum Gasteiger partial charge on any atom is -0.497 e. The molecular weight excluding hydrogens is 516 g/mol. The average Bonchev–Trinajstić information content (AvgIpc) is 2.93. The third-order valence-corrected chi connectivity index (χ3v) is 4.78. The molecule has 1 amide bonds. The molecule has 0 fully saturated rings. The van der Waals surface area contributed by atoms with Crippen molar-refractivity contribution >= 4 is 59.0 Å². The molecule has 3 N–H and O–H groups in total. The lowest BCUT2D eigenvalue weighted by Crippen LogP contribution is -2.42. The fraction of sp³-hybridized carbons (Fsp3) is 0.333. The van der Waals surface area contributed by atoms with Crippen molar-refractivity contribution in [1.82, 2.24) is 20.5 Å². The Balaban J connectivity index is 0.00000392. The standard InChI is InChI=1S/C18H23Cl2N5O2.HI/c1-21-18(23-10-13-8-15(19)17(20)25(13)2)24-11-16(26)22-9-12-4-6-14(27-3)7-5-12;/h4-8H,9-11H2,1-3H3,(H,22,26)(H2,21,23,24);1H. The molecule has 28 heavy (non-hydrogen) atoms. The Labute approximate surface area is 191 Å². The largest absolute Gasteiger partial charge is 0.497 e. The topological polar surface area (TPSA) is 79.7 Å². The second-order valence-electron chi connectivity index (χ2n) is 5.74. The number of guanidine groups is 1. The molecule has 1 aromatic heterocycles. The summed E-state index contributed by atoms with van der Waals surface area (Å²) in [5.74, 6) is 1.14. The number of hydrogen-bond acceptors (Lipinski definition) is 3. The van der Waals surface area contributed by atoms with E-state index in [2.05, 4.69) is 20.9 Å². The van der Waals surface area contributed by atoms with Crippen LogP contribution in [0, 0.1) is 0 Å². The number of benzene rings is 1. The summed E-state index contributed by atoms with van der Waals surface area (Å²) in [6.07, 6.45) is 0. The maximum Gasteiger partial charge on any atom is 0.239 e. The zero-order valence-corrected chi connectivity index (χ0v) is 19.7. The van der Waals surface area contributed by atoms with E-state index in [1.807, 2.05) is 31.3 Å². The number of methoxy groups -OCH3 is 1. The number of rotatable bonds is 7. The Morgan fingerprint density at radius 3 is 2.36 bits per heavy atom. The summed E-state index contributed by atoms with van der Waals surface area (Å²) < 4.78 is 6.89. The maximum absolute atomic E-state index is 12.0. The smallest absolute Gasteiger partial charge is 0.239 e. The Hall–Kier alpha value is -1.65. The molecule has 0 aliphatic rings. The molecule has 0 saturated heterocycles. The van der Waals surface area contributed by atoms with Crippen molar-refractivity contribution in [2.45, 2.75) is 13.1 Å². The lowest BCUT2D eigenvalue weighted by Gasteiger charge is -2.12. The minimum absolute atomic E-state index is 0. The lowest BCUT2D eigenvalue weighted by molar-refractivity contribution is -0.120. The summed E-state index contributed by atoms with van der Waals surface area (Å²) >= 11 is 12.1. The number of nitrogens with zero attached hydrogens (tertiary/aromatic N) is 2. The number of aliphatic imine (C=N–C) groups is 1. The third-order valence-electron chi connectivity index (χ3n) is 3.94. The molecule has 1 heterocycles. The first-order chi connectivity index (χ1) is 12.9. The van der Waals surface area contributed by atoms with Crippen molar-refractivity contribution in [3.8, 4) is 5.75 Å². The Morgan fingerprint density at radius 2 is 1.82 bits per heavy atom. The van der Waals surface area contributed by atoms with Gasteiger partial charge in [-0.2, -0.15) is 0 Å². The highest BCUT2D eigenvalue weighted by atomic mass is 127. The normalized spacial score (nSPS) is 10.8. The van der Waals surface area contributed by atoms with Crippen LogP contribution < -0.4 is 20.7 Å². The number of halogens is 3. The molecule has 1 aromatic carbocycles. The highest BCUT2D eigenvalue weighted by Gasteiger charge is 2.10. The second-order valence-corrected chi connectivity index (χ2v) is 6.50. The van der Waals surface area contributed by atoms with E-state index < -0.39 is 0 Å². The van der Waals surface area contributed by atoms with Crippen LogP contribution in [0.15, 0.2) is 35.3 Å². The van der Waals surface area contributed by atoms with Crippen molar-refractivity contribution in [2.24, 2.45) is 12.0 Å². The maximum atomic E-state index is 12.0. The molecule has 2 aromatic rings. The molecule has 0 unspecified atom stereocenters. The molecule has 0 aliphatic carbocycles. The first-order valence-corrected chi connectivity index (χ1v) is 9.04. The van der Waals surface area contributed by atoms with Crippen LogP contribution in [0.1, 0.15) is 11.3 Å². The fourth-order valence-corrected chi connectivity index (χ4v) is 2.74. The van der Waals surface area contributed by atoms with Crippen molar-refractivity contribution in [3.05, 3.63) is 51.8 Å². The number of nitrogens with one attached hydrogen (secondary N) is 3. The minimum atomic E-state index is -0.140. The van der Waals surface area contributed by atoms with Gasteiger partial charge in [-0.3, -0.25) is 9.79 Å². The molecule has 154 valence electrons. The highest BCUT2D eigenvalue weighted by molar-refractivity contribution is 14.0. The van der Waals surface area contributed by atoms with E-state index in [-0.39, 0.29) is 36.4 Å². The van der Waals surface area contributed by atoms with E-state index in [0.29, 0.717) is 29.2 Å². The van der Waals surface area contributed by atoms with Crippen LogP contribution in [-0.4, -0.2) is 37.1 Å². The van der Waals surface area contributed by atoms with Gasteiger partial charge in [-0.25, -0.2) is 0 Å². The molecule has 0 bridgehead atoms. The van der Waals surface area contributed by atoms with Gasteiger partial charge in [0.25, 0.3) is 0 Å². The zero-order chi connectivity index (χ0) is 19.8. The zero-order valence-electron chi connectivity index (χ0n) is 15.9.